The van der Waals surface area contributed by atoms with Crippen LogP contribution in [-0.2, 0) is 14.2 Å². The average molecular weight is 184 g/mol. The normalized spacial score (nSPS) is 42.4. The van der Waals surface area contributed by atoms with Crippen molar-refractivity contribution < 1.29 is 14.2 Å². The molecule has 0 aromatic heterocycles. The quantitative estimate of drug-likeness (QED) is 0.570. The van der Waals surface area contributed by atoms with E-state index in [0.717, 1.165) is 6.42 Å². The second-order valence-corrected chi connectivity index (χ2v) is 2.93. The first-order valence-corrected chi connectivity index (χ1v) is 4.97. The Bertz CT molecular complexity index is 154. The molecule has 3 nitrogen and oxygen atoms in total. The smallest absolute Gasteiger partial charge is 0.147 e. The summed E-state index contributed by atoms with van der Waals surface area (Å²) in [6.45, 7) is 6.42. The number of rotatable bonds is 1. The molecule has 4 atom stereocenters. The largest absolute Gasteiger partial charge is 0.379 e. The number of fused-ring (bicyclic) bond motifs is 1. The molecule has 0 aromatic carbocycles. The van der Waals surface area contributed by atoms with Crippen molar-refractivity contribution in [3.63, 3.8) is 0 Å². The van der Waals surface area contributed by atoms with Gasteiger partial charge in [0.2, 0.25) is 0 Å². The van der Waals surface area contributed by atoms with Crippen LogP contribution in [0.5, 0.6) is 0 Å². The lowest BCUT2D eigenvalue weighted by atomic mass is 9.93. The highest BCUT2D eigenvalue weighted by Gasteiger charge is 2.45. The van der Waals surface area contributed by atoms with Gasteiger partial charge in [0.1, 0.15) is 26.8 Å². The average Bonchev–Trinajstić information content (AvgIpc) is 2.73. The highest BCUT2D eigenvalue weighted by molar-refractivity contribution is 6.11. The van der Waals surface area contributed by atoms with Gasteiger partial charge in [0.15, 0.2) is 0 Å². The molecule has 13 heavy (non-hydrogen) atoms. The van der Waals surface area contributed by atoms with Gasteiger partial charge in [0.25, 0.3) is 0 Å². The van der Waals surface area contributed by atoms with E-state index in [1.165, 1.54) is 0 Å². The lowest BCUT2D eigenvalue weighted by Crippen LogP contribution is -2.29. The van der Waals surface area contributed by atoms with Crippen molar-refractivity contribution in [1.29, 1.82) is 0 Å². The van der Waals surface area contributed by atoms with Gasteiger partial charge >= 0.3 is 0 Å². The second kappa shape index (κ2) is 4.98. The molecular weight excluding hydrogens is 167 g/mol. The lowest BCUT2D eigenvalue weighted by molar-refractivity contribution is -0.0529. The van der Waals surface area contributed by atoms with Crippen molar-refractivity contribution in [2.45, 2.75) is 51.5 Å². The molecule has 4 unspecified atom stereocenters. The monoisotopic (exact) mass is 184 g/mol. The van der Waals surface area contributed by atoms with Crippen molar-refractivity contribution >= 4 is 7.85 Å². The predicted octanol–water partition coefficient (Wildman–Crippen LogP) is 1.06. The second-order valence-electron chi connectivity index (χ2n) is 2.93. The molecule has 0 saturated carbocycles. The molecule has 74 valence electrons. The molecule has 2 radical (unpaired) electrons. The van der Waals surface area contributed by atoms with Crippen LogP contribution in [0.3, 0.4) is 0 Å². The third-order valence-corrected chi connectivity index (χ3v) is 2.27. The van der Waals surface area contributed by atoms with Gasteiger partial charge in [-0.05, 0) is 6.42 Å². The van der Waals surface area contributed by atoms with Crippen LogP contribution in [0.2, 0.25) is 0 Å². The summed E-state index contributed by atoms with van der Waals surface area (Å²) in [6.07, 6.45) is 1.07. The Balaban J connectivity index is 0.000000396. The molecule has 0 N–H and O–H groups in total. The van der Waals surface area contributed by atoms with E-state index in [1.807, 2.05) is 13.8 Å². The van der Waals surface area contributed by atoms with Gasteiger partial charge in [0, 0.05) is 6.00 Å². The predicted molar refractivity (Wildman–Crippen MR) is 50.7 cm³/mol. The summed E-state index contributed by atoms with van der Waals surface area (Å²) in [6, 6.07) is -0.299. The van der Waals surface area contributed by atoms with E-state index in [-0.39, 0.29) is 24.3 Å². The fourth-order valence-electron chi connectivity index (χ4n) is 1.67. The van der Waals surface area contributed by atoms with Gasteiger partial charge in [-0.2, -0.15) is 0 Å². The van der Waals surface area contributed by atoms with E-state index >= 15 is 0 Å². The van der Waals surface area contributed by atoms with Crippen LogP contribution in [0.1, 0.15) is 27.2 Å². The molecule has 2 fully saturated rings. The Kier molecular flexibility index (Phi) is 4.23. The third kappa shape index (κ3) is 2.06. The first-order chi connectivity index (χ1) is 6.33. The van der Waals surface area contributed by atoms with Gasteiger partial charge in [0.05, 0.1) is 6.10 Å². The van der Waals surface area contributed by atoms with Gasteiger partial charge in [-0.15, -0.1) is 0 Å². The molecular formula is C9H17BO3. The van der Waals surface area contributed by atoms with Crippen LogP contribution < -0.4 is 0 Å². The lowest BCUT2D eigenvalue weighted by Gasteiger charge is -2.12. The summed E-state index contributed by atoms with van der Waals surface area (Å²) >= 11 is 0. The molecule has 0 bridgehead atoms. The summed E-state index contributed by atoms with van der Waals surface area (Å²) in [5.74, 6) is 0. The van der Waals surface area contributed by atoms with E-state index < -0.39 is 0 Å². The van der Waals surface area contributed by atoms with E-state index in [2.05, 4.69) is 6.92 Å². The summed E-state index contributed by atoms with van der Waals surface area (Å²) in [5, 5.41) is 0. The zero-order chi connectivity index (χ0) is 9.84. The fraction of sp³-hybridized carbons (Fsp3) is 1.00. The zero-order valence-electron chi connectivity index (χ0n) is 8.53. The third-order valence-electron chi connectivity index (χ3n) is 2.27. The molecule has 0 amide bonds. The van der Waals surface area contributed by atoms with E-state index in [9.17, 15) is 0 Å². The topological polar surface area (TPSA) is 27.7 Å². The summed E-state index contributed by atoms with van der Waals surface area (Å²) in [5.41, 5.74) is 0. The van der Waals surface area contributed by atoms with Gasteiger partial charge < -0.3 is 14.2 Å². The van der Waals surface area contributed by atoms with Crippen LogP contribution in [0.25, 0.3) is 0 Å². The molecule has 2 saturated heterocycles. The zero-order valence-corrected chi connectivity index (χ0v) is 8.53. The summed E-state index contributed by atoms with van der Waals surface area (Å²) < 4.78 is 16.0. The van der Waals surface area contributed by atoms with E-state index in [1.54, 1.807) is 0 Å². The molecule has 2 aliphatic heterocycles. The Labute approximate surface area is 81.1 Å². The highest BCUT2D eigenvalue weighted by atomic mass is 16.7. The number of hydrogen-bond donors (Lipinski definition) is 0. The first-order valence-electron chi connectivity index (χ1n) is 4.97. The van der Waals surface area contributed by atoms with E-state index in [0.29, 0.717) is 6.79 Å². The maximum Gasteiger partial charge on any atom is 0.147 e. The van der Waals surface area contributed by atoms with Crippen LogP contribution in [0.15, 0.2) is 0 Å². The van der Waals surface area contributed by atoms with Crippen LogP contribution in [-0.4, -0.2) is 39.0 Å². The van der Waals surface area contributed by atoms with Crippen LogP contribution >= 0.6 is 0 Å². The van der Waals surface area contributed by atoms with Crippen molar-refractivity contribution in [3.05, 3.63) is 0 Å². The fourth-order valence-corrected chi connectivity index (χ4v) is 1.67. The molecule has 0 spiro atoms. The van der Waals surface area contributed by atoms with Gasteiger partial charge in [-0.3, -0.25) is 0 Å². The Morgan fingerprint density at radius 3 is 2.46 bits per heavy atom. The highest BCUT2D eigenvalue weighted by Crippen LogP contribution is 2.30. The minimum absolute atomic E-state index is 0.0417. The molecule has 2 heterocycles. The van der Waals surface area contributed by atoms with Crippen LogP contribution in [0.4, 0.5) is 0 Å². The Morgan fingerprint density at radius 1 is 1.23 bits per heavy atom. The van der Waals surface area contributed by atoms with Gasteiger partial charge in [-0.25, -0.2) is 0 Å². The maximum atomic E-state index is 5.66. The van der Waals surface area contributed by atoms with Crippen molar-refractivity contribution in [2.24, 2.45) is 0 Å². The standard InChI is InChI=1S/C7H11BO3.C2H6/c1-2-4-5-6(7(8)11-4)10-3-9-5;1-2/h4-7H,2-3H2,1H3;1-2H3. The molecule has 2 aliphatic rings. The Morgan fingerprint density at radius 2 is 1.85 bits per heavy atom. The Hall–Kier alpha value is -0.0551. The summed E-state index contributed by atoms with van der Waals surface area (Å²) in [4.78, 5) is 0. The van der Waals surface area contributed by atoms with Crippen molar-refractivity contribution in [3.8, 4) is 0 Å². The first kappa shape index (κ1) is 11.0. The minimum Gasteiger partial charge on any atom is -0.379 e. The molecule has 4 heteroatoms. The minimum atomic E-state index is -0.299. The van der Waals surface area contributed by atoms with Gasteiger partial charge in [-0.1, -0.05) is 20.8 Å². The van der Waals surface area contributed by atoms with Crippen molar-refractivity contribution in [2.75, 3.05) is 6.79 Å². The van der Waals surface area contributed by atoms with Crippen molar-refractivity contribution in [1.82, 2.24) is 0 Å². The molecule has 0 aromatic rings. The summed E-state index contributed by atoms with van der Waals surface area (Å²) in [7, 11) is 5.66. The number of ether oxygens (including phenoxy) is 3. The van der Waals surface area contributed by atoms with Crippen LogP contribution in [0, 0.1) is 0 Å². The SMILES string of the molecule is CC.[B]C1OC(CC)C2OCOC12. The molecule has 2 rings (SSSR count). The number of hydrogen-bond acceptors (Lipinski definition) is 3. The molecule has 0 aliphatic carbocycles. The maximum absolute atomic E-state index is 5.66. The van der Waals surface area contributed by atoms with E-state index in [4.69, 9.17) is 22.1 Å².